The van der Waals surface area contributed by atoms with Gasteiger partial charge in [-0.25, -0.2) is 0 Å². The lowest BCUT2D eigenvalue weighted by molar-refractivity contribution is 0.0301. The molecule has 1 fully saturated rings. The summed E-state index contributed by atoms with van der Waals surface area (Å²) in [6.45, 7) is 2.12. The zero-order valence-electron chi connectivity index (χ0n) is 8.49. The number of halogens is 1. The Labute approximate surface area is 97.9 Å². The summed E-state index contributed by atoms with van der Waals surface area (Å²) in [6, 6.07) is 5.99. The van der Waals surface area contributed by atoms with Gasteiger partial charge in [-0.3, -0.25) is 4.98 Å². The highest BCUT2D eigenvalue weighted by molar-refractivity contribution is 9.08. The minimum absolute atomic E-state index is 0.249. The number of nitrogens with zero attached hydrogens (tertiary/aromatic N) is 1. The maximum absolute atomic E-state index is 5.69. The molecule has 1 saturated heterocycles. The number of alkyl halides is 1. The fourth-order valence-corrected chi connectivity index (χ4v) is 1.84. The van der Waals surface area contributed by atoms with Crippen LogP contribution in [0.1, 0.15) is 17.8 Å². The van der Waals surface area contributed by atoms with Gasteiger partial charge in [-0.2, -0.15) is 0 Å². The molecule has 0 saturated carbocycles. The second-order valence-corrected chi connectivity index (χ2v) is 4.11. The van der Waals surface area contributed by atoms with Crippen LogP contribution in [0.2, 0.25) is 0 Å². The van der Waals surface area contributed by atoms with Gasteiger partial charge in [0.1, 0.15) is 0 Å². The van der Waals surface area contributed by atoms with Crippen molar-refractivity contribution < 1.29 is 9.47 Å². The van der Waals surface area contributed by atoms with Crippen molar-refractivity contribution >= 4 is 15.9 Å². The molecule has 15 heavy (non-hydrogen) atoms. The first-order valence-corrected chi connectivity index (χ1v) is 6.21. The average Bonchev–Trinajstić information content (AvgIpc) is 2.79. The van der Waals surface area contributed by atoms with Gasteiger partial charge in [-0.05, 0) is 18.6 Å². The average molecular weight is 272 g/mol. The van der Waals surface area contributed by atoms with E-state index in [1.54, 1.807) is 0 Å². The van der Waals surface area contributed by atoms with E-state index in [0.29, 0.717) is 6.61 Å². The molecular formula is C11H14BrNO2. The van der Waals surface area contributed by atoms with Crippen LogP contribution < -0.4 is 0 Å². The Kier molecular flexibility index (Phi) is 4.11. The van der Waals surface area contributed by atoms with Crippen LogP contribution in [-0.2, 0) is 21.4 Å². The summed E-state index contributed by atoms with van der Waals surface area (Å²) in [5, 5.41) is 0.785. The molecule has 0 unspecified atom stereocenters. The van der Waals surface area contributed by atoms with Crippen LogP contribution in [0.5, 0.6) is 0 Å². The fourth-order valence-electron chi connectivity index (χ4n) is 1.53. The Morgan fingerprint density at radius 3 is 3.07 bits per heavy atom. The number of hydrogen-bond donors (Lipinski definition) is 0. The van der Waals surface area contributed by atoms with E-state index in [-0.39, 0.29) is 6.10 Å². The molecule has 1 aromatic heterocycles. The topological polar surface area (TPSA) is 31.4 Å². The molecule has 0 radical (unpaired) electrons. The third-order valence-electron chi connectivity index (χ3n) is 2.36. The van der Waals surface area contributed by atoms with Crippen molar-refractivity contribution in [2.75, 3.05) is 13.2 Å². The van der Waals surface area contributed by atoms with Crippen molar-refractivity contribution in [3.05, 3.63) is 29.6 Å². The molecule has 4 heteroatoms. The Hall–Kier alpha value is -0.450. The molecule has 82 valence electrons. The van der Waals surface area contributed by atoms with E-state index < -0.39 is 0 Å². The molecule has 0 bridgehead atoms. The second kappa shape index (κ2) is 5.58. The molecule has 0 N–H and O–H groups in total. The Balaban J connectivity index is 1.86. The van der Waals surface area contributed by atoms with Crippen molar-refractivity contribution in [1.29, 1.82) is 0 Å². The molecular weight excluding hydrogens is 258 g/mol. The maximum Gasteiger partial charge on any atom is 0.0892 e. The van der Waals surface area contributed by atoms with Gasteiger partial charge in [0.15, 0.2) is 0 Å². The van der Waals surface area contributed by atoms with E-state index >= 15 is 0 Å². The van der Waals surface area contributed by atoms with Crippen LogP contribution in [0.4, 0.5) is 0 Å². The van der Waals surface area contributed by atoms with E-state index in [0.717, 1.165) is 36.4 Å². The number of aromatic nitrogens is 1. The number of ether oxygens (including phenoxy) is 2. The Morgan fingerprint density at radius 2 is 2.33 bits per heavy atom. The zero-order valence-corrected chi connectivity index (χ0v) is 10.1. The first-order chi connectivity index (χ1) is 7.38. The fraction of sp³-hybridized carbons (Fsp3) is 0.545. The third-order valence-corrected chi connectivity index (χ3v) is 2.93. The summed E-state index contributed by atoms with van der Waals surface area (Å²) < 4.78 is 10.9. The first kappa shape index (κ1) is 11.0. The van der Waals surface area contributed by atoms with Gasteiger partial charge in [0, 0.05) is 11.9 Å². The van der Waals surface area contributed by atoms with Gasteiger partial charge >= 0.3 is 0 Å². The summed E-state index contributed by atoms with van der Waals surface area (Å²) in [7, 11) is 0. The molecule has 1 aliphatic rings. The van der Waals surface area contributed by atoms with Gasteiger partial charge in [-0.15, -0.1) is 0 Å². The van der Waals surface area contributed by atoms with E-state index in [9.17, 15) is 0 Å². The van der Waals surface area contributed by atoms with E-state index in [1.807, 2.05) is 18.2 Å². The lowest BCUT2D eigenvalue weighted by Gasteiger charge is -2.09. The number of rotatable bonds is 4. The molecule has 0 amide bonds. The lowest BCUT2D eigenvalue weighted by atomic mass is 10.3. The van der Waals surface area contributed by atoms with Gasteiger partial charge in [0.05, 0.1) is 30.7 Å². The smallest absolute Gasteiger partial charge is 0.0892 e. The Morgan fingerprint density at radius 1 is 1.47 bits per heavy atom. The summed E-state index contributed by atoms with van der Waals surface area (Å²) >= 11 is 3.39. The molecule has 3 nitrogen and oxygen atoms in total. The SMILES string of the molecule is BrCc1cccc(CO[C@H]2CCOC2)n1. The van der Waals surface area contributed by atoms with Gasteiger partial charge in [0.2, 0.25) is 0 Å². The standard InChI is InChI=1S/C11H14BrNO2/c12-6-9-2-1-3-10(13-9)7-15-11-4-5-14-8-11/h1-3,11H,4-8H2/t11-/m0/s1. The van der Waals surface area contributed by atoms with Crippen LogP contribution in [-0.4, -0.2) is 24.3 Å². The Bertz CT molecular complexity index is 313. The molecule has 0 aromatic carbocycles. The normalized spacial score (nSPS) is 20.7. The summed E-state index contributed by atoms with van der Waals surface area (Å²) in [5.41, 5.74) is 2.03. The van der Waals surface area contributed by atoms with Crippen molar-refractivity contribution in [1.82, 2.24) is 4.98 Å². The minimum Gasteiger partial charge on any atom is -0.379 e. The first-order valence-electron chi connectivity index (χ1n) is 5.08. The van der Waals surface area contributed by atoms with Crippen molar-refractivity contribution in [2.45, 2.75) is 24.5 Å². The quantitative estimate of drug-likeness (QED) is 0.788. The predicted octanol–water partition coefficient (Wildman–Crippen LogP) is 2.28. The third kappa shape index (κ3) is 3.26. The molecule has 0 spiro atoms. The van der Waals surface area contributed by atoms with Crippen LogP contribution in [0.15, 0.2) is 18.2 Å². The largest absolute Gasteiger partial charge is 0.379 e. The number of pyridine rings is 1. The molecule has 1 aliphatic heterocycles. The van der Waals surface area contributed by atoms with E-state index in [4.69, 9.17) is 9.47 Å². The van der Waals surface area contributed by atoms with Gasteiger partial charge in [-0.1, -0.05) is 22.0 Å². The summed E-state index contributed by atoms with van der Waals surface area (Å²) in [4.78, 5) is 4.44. The van der Waals surface area contributed by atoms with Gasteiger partial charge in [0.25, 0.3) is 0 Å². The van der Waals surface area contributed by atoms with Crippen molar-refractivity contribution in [2.24, 2.45) is 0 Å². The van der Waals surface area contributed by atoms with E-state index in [2.05, 4.69) is 20.9 Å². The van der Waals surface area contributed by atoms with Crippen LogP contribution in [0, 0.1) is 0 Å². The zero-order chi connectivity index (χ0) is 10.5. The van der Waals surface area contributed by atoms with Crippen molar-refractivity contribution in [3.8, 4) is 0 Å². The summed E-state index contributed by atoms with van der Waals surface area (Å²) in [6.07, 6.45) is 1.25. The van der Waals surface area contributed by atoms with Crippen molar-refractivity contribution in [3.63, 3.8) is 0 Å². The highest BCUT2D eigenvalue weighted by Crippen LogP contribution is 2.11. The summed E-state index contributed by atoms with van der Waals surface area (Å²) in [5.74, 6) is 0. The molecule has 2 rings (SSSR count). The monoisotopic (exact) mass is 271 g/mol. The van der Waals surface area contributed by atoms with E-state index in [1.165, 1.54) is 0 Å². The highest BCUT2D eigenvalue weighted by Gasteiger charge is 2.15. The van der Waals surface area contributed by atoms with Gasteiger partial charge < -0.3 is 9.47 Å². The van der Waals surface area contributed by atoms with Crippen LogP contribution in [0.3, 0.4) is 0 Å². The maximum atomic E-state index is 5.69. The minimum atomic E-state index is 0.249. The second-order valence-electron chi connectivity index (χ2n) is 3.55. The molecule has 1 atom stereocenters. The molecule has 2 heterocycles. The lowest BCUT2D eigenvalue weighted by Crippen LogP contribution is -2.12. The number of hydrogen-bond acceptors (Lipinski definition) is 3. The highest BCUT2D eigenvalue weighted by atomic mass is 79.9. The van der Waals surface area contributed by atoms with Crippen LogP contribution >= 0.6 is 15.9 Å². The predicted molar refractivity (Wildman–Crippen MR) is 60.9 cm³/mol. The molecule has 1 aromatic rings. The molecule has 0 aliphatic carbocycles. The van der Waals surface area contributed by atoms with Crippen LogP contribution in [0.25, 0.3) is 0 Å².